The standard InChI is InChI=1S/C39H54N2O20/c1-20(42)51-17-28(40-38(50)61-39(8,9)10)32(56-24(5)46)33(29(55-23(4)45)18-52-21(2)43)60-36-31(41-37(49)54-16-27-14-12-11-13-15-27)35(58-26(7)48)34(57-25(6)47)30(59-36)19-53-22(3)44/h11-15,28-36H,16-19H2,1-10H3,(H,40,50)(H,41,49)/t28?,29?,30?,31?,32-,33+,34+,35-,36+/m1/s1. The van der Waals surface area contributed by atoms with E-state index in [0.29, 0.717) is 5.56 Å². The van der Waals surface area contributed by atoms with Crippen molar-refractivity contribution < 1.29 is 95.3 Å². The molecule has 1 aromatic rings. The highest BCUT2D eigenvalue weighted by atomic mass is 16.7. The minimum Gasteiger partial charge on any atom is -0.464 e. The highest BCUT2D eigenvalue weighted by molar-refractivity contribution is 5.71. The van der Waals surface area contributed by atoms with E-state index in [1.165, 1.54) is 0 Å². The van der Waals surface area contributed by atoms with Crippen molar-refractivity contribution in [3.05, 3.63) is 35.9 Å². The van der Waals surface area contributed by atoms with E-state index in [0.717, 1.165) is 48.5 Å². The van der Waals surface area contributed by atoms with Gasteiger partial charge in [0.05, 0.1) is 0 Å². The summed E-state index contributed by atoms with van der Waals surface area (Å²) in [6.45, 7) is 9.24. The summed E-state index contributed by atoms with van der Waals surface area (Å²) in [5, 5.41) is 4.93. The molecule has 22 nitrogen and oxygen atoms in total. The van der Waals surface area contributed by atoms with E-state index in [4.69, 9.17) is 52.1 Å². The van der Waals surface area contributed by atoms with Gasteiger partial charge in [0, 0.05) is 48.5 Å². The second-order valence-electron chi connectivity index (χ2n) is 14.4. The molecule has 2 amide bonds. The third-order valence-corrected chi connectivity index (χ3v) is 7.82. The molecule has 0 radical (unpaired) electrons. The van der Waals surface area contributed by atoms with Crippen LogP contribution in [-0.2, 0) is 92.3 Å². The topological polar surface area (TPSA) is 279 Å². The lowest BCUT2D eigenvalue weighted by Crippen LogP contribution is -2.68. The van der Waals surface area contributed by atoms with E-state index in [2.05, 4.69) is 10.6 Å². The lowest BCUT2D eigenvalue weighted by Gasteiger charge is -2.47. The zero-order valence-electron chi connectivity index (χ0n) is 35.6. The first-order valence-corrected chi connectivity index (χ1v) is 18.8. The van der Waals surface area contributed by atoms with Gasteiger partial charge in [-0.05, 0) is 26.3 Å². The lowest BCUT2D eigenvalue weighted by molar-refractivity contribution is -0.304. The van der Waals surface area contributed by atoms with Gasteiger partial charge in [0.15, 0.2) is 30.7 Å². The minimum atomic E-state index is -1.99. The van der Waals surface area contributed by atoms with Crippen molar-refractivity contribution in [1.82, 2.24) is 10.6 Å². The maximum Gasteiger partial charge on any atom is 0.408 e. The fourth-order valence-electron chi connectivity index (χ4n) is 5.67. The lowest BCUT2D eigenvalue weighted by atomic mass is 9.95. The fourth-order valence-corrected chi connectivity index (χ4v) is 5.67. The van der Waals surface area contributed by atoms with Crippen molar-refractivity contribution in [1.29, 1.82) is 0 Å². The monoisotopic (exact) mass is 870 g/mol. The first-order chi connectivity index (χ1) is 28.4. The van der Waals surface area contributed by atoms with Gasteiger partial charge in [0.1, 0.15) is 56.3 Å². The number of nitrogens with one attached hydrogen (secondary N) is 2. The number of amides is 2. The Morgan fingerprint density at radius 3 is 1.72 bits per heavy atom. The van der Waals surface area contributed by atoms with Gasteiger partial charge in [-0.3, -0.25) is 33.6 Å². The first kappa shape index (κ1) is 51.1. The molecule has 1 fully saturated rings. The highest BCUT2D eigenvalue weighted by Gasteiger charge is 2.54. The summed E-state index contributed by atoms with van der Waals surface area (Å²) in [5.41, 5.74) is -0.514. The van der Waals surface area contributed by atoms with Gasteiger partial charge in [0.25, 0.3) is 0 Å². The molecule has 9 atom stereocenters. The molecule has 1 aromatic carbocycles. The molecule has 1 heterocycles. The summed E-state index contributed by atoms with van der Waals surface area (Å²) in [6.07, 6.45) is -14.8. The van der Waals surface area contributed by atoms with E-state index in [1.807, 2.05) is 0 Å². The van der Waals surface area contributed by atoms with Crippen LogP contribution in [0.5, 0.6) is 0 Å². The zero-order valence-corrected chi connectivity index (χ0v) is 35.6. The van der Waals surface area contributed by atoms with E-state index >= 15 is 0 Å². The molecule has 1 saturated heterocycles. The van der Waals surface area contributed by atoms with Crippen molar-refractivity contribution in [2.24, 2.45) is 0 Å². The molecule has 61 heavy (non-hydrogen) atoms. The smallest absolute Gasteiger partial charge is 0.408 e. The molecule has 340 valence electrons. The number of carbonyl (C=O) groups excluding carboxylic acids is 9. The Hall–Kier alpha value is -6.03. The van der Waals surface area contributed by atoms with E-state index in [1.54, 1.807) is 51.1 Å². The molecule has 0 spiro atoms. The number of ether oxygens (including phenoxy) is 11. The molecule has 2 N–H and O–H groups in total. The summed E-state index contributed by atoms with van der Waals surface area (Å²) in [7, 11) is 0. The van der Waals surface area contributed by atoms with Gasteiger partial charge in [-0.2, -0.15) is 0 Å². The molecular weight excluding hydrogens is 816 g/mol. The van der Waals surface area contributed by atoms with E-state index < -0.39 is 134 Å². The Bertz CT molecular complexity index is 1700. The van der Waals surface area contributed by atoms with Crippen LogP contribution in [0.25, 0.3) is 0 Å². The van der Waals surface area contributed by atoms with Gasteiger partial charge >= 0.3 is 54.0 Å². The Morgan fingerprint density at radius 1 is 0.639 bits per heavy atom. The maximum absolute atomic E-state index is 13.5. The van der Waals surface area contributed by atoms with Crippen LogP contribution in [0, 0.1) is 0 Å². The van der Waals surface area contributed by atoms with Crippen molar-refractivity contribution in [2.75, 3.05) is 19.8 Å². The quantitative estimate of drug-likeness (QED) is 0.148. The summed E-state index contributed by atoms with van der Waals surface area (Å²) in [5.74, 6) is -6.46. The van der Waals surface area contributed by atoms with Gasteiger partial charge in [-0.15, -0.1) is 0 Å². The number of carbonyl (C=O) groups is 9. The van der Waals surface area contributed by atoms with Crippen LogP contribution in [0.3, 0.4) is 0 Å². The number of hydrogen-bond donors (Lipinski definition) is 2. The van der Waals surface area contributed by atoms with Crippen LogP contribution < -0.4 is 10.6 Å². The van der Waals surface area contributed by atoms with Gasteiger partial charge in [-0.25, -0.2) is 9.59 Å². The number of hydrogen-bond acceptors (Lipinski definition) is 20. The molecule has 0 bridgehead atoms. The van der Waals surface area contributed by atoms with Crippen molar-refractivity contribution >= 4 is 54.0 Å². The van der Waals surface area contributed by atoms with Gasteiger partial charge in [0.2, 0.25) is 0 Å². The Labute approximate surface area is 351 Å². The fraction of sp³-hybridized carbons (Fsp3) is 0.615. The Balaban J connectivity index is 2.94. The molecular formula is C39H54N2O20. The largest absolute Gasteiger partial charge is 0.464 e. The summed E-state index contributed by atoms with van der Waals surface area (Å²) in [4.78, 5) is 114. The van der Waals surface area contributed by atoms with Crippen LogP contribution in [0.15, 0.2) is 30.3 Å². The minimum absolute atomic E-state index is 0.269. The van der Waals surface area contributed by atoms with Crippen molar-refractivity contribution in [3.8, 4) is 0 Å². The molecule has 1 aliphatic rings. The highest BCUT2D eigenvalue weighted by Crippen LogP contribution is 2.31. The van der Waals surface area contributed by atoms with E-state index in [9.17, 15) is 43.2 Å². The third kappa shape index (κ3) is 19.3. The van der Waals surface area contributed by atoms with Crippen LogP contribution in [0.4, 0.5) is 9.59 Å². The first-order valence-electron chi connectivity index (χ1n) is 18.8. The van der Waals surface area contributed by atoms with Crippen LogP contribution in [-0.4, -0.2) is 134 Å². The normalized spacial score (nSPS) is 20.4. The number of rotatable bonds is 19. The van der Waals surface area contributed by atoms with Crippen LogP contribution >= 0.6 is 0 Å². The molecule has 0 saturated carbocycles. The second-order valence-corrected chi connectivity index (χ2v) is 14.4. The zero-order chi connectivity index (χ0) is 46.0. The number of alkyl carbamates (subject to hydrolysis) is 2. The molecule has 2 rings (SSSR count). The third-order valence-electron chi connectivity index (χ3n) is 7.82. The molecule has 22 heteroatoms. The van der Waals surface area contributed by atoms with Crippen molar-refractivity contribution in [3.63, 3.8) is 0 Å². The maximum atomic E-state index is 13.5. The molecule has 4 unspecified atom stereocenters. The van der Waals surface area contributed by atoms with Gasteiger partial charge < -0.3 is 62.7 Å². The SMILES string of the molecule is CC(=O)OCC(NC(=O)OC(C)(C)C)[C@@H](OC(C)=O)[C@@H](O[C@@H]1OC(COC(C)=O)[C@H](OC(C)=O)[C@H](OC(C)=O)C1NC(=O)OCc1ccccc1)C(COC(C)=O)OC(C)=O. The average molecular weight is 871 g/mol. The molecule has 1 aliphatic heterocycles. The van der Waals surface area contributed by atoms with E-state index in [-0.39, 0.29) is 6.61 Å². The summed E-state index contributed by atoms with van der Waals surface area (Å²) < 4.78 is 61.4. The predicted molar refractivity (Wildman–Crippen MR) is 202 cm³/mol. The average Bonchev–Trinajstić information content (AvgIpc) is 3.12. The van der Waals surface area contributed by atoms with Crippen LogP contribution in [0.2, 0.25) is 0 Å². The summed E-state index contributed by atoms with van der Waals surface area (Å²) >= 11 is 0. The number of benzene rings is 1. The van der Waals surface area contributed by atoms with Gasteiger partial charge in [-0.1, -0.05) is 30.3 Å². The molecule has 0 aromatic heterocycles. The predicted octanol–water partition coefficient (Wildman–Crippen LogP) is 1.70. The Morgan fingerprint density at radius 2 is 1.20 bits per heavy atom. The second kappa shape index (κ2) is 24.3. The number of esters is 7. The summed E-state index contributed by atoms with van der Waals surface area (Å²) in [6, 6.07) is 5.07. The van der Waals surface area contributed by atoms with Crippen molar-refractivity contribution in [2.45, 2.75) is 136 Å². The van der Waals surface area contributed by atoms with Crippen LogP contribution in [0.1, 0.15) is 74.8 Å². The Kier molecular flexibility index (Phi) is 20.3. The molecule has 0 aliphatic carbocycles.